The van der Waals surface area contributed by atoms with Crippen molar-refractivity contribution >= 4 is 28.2 Å². The van der Waals surface area contributed by atoms with Gasteiger partial charge in [0.15, 0.2) is 0 Å². The number of hydrogen-bond donors (Lipinski definition) is 2. The summed E-state index contributed by atoms with van der Waals surface area (Å²) in [5.74, 6) is -0.453. The number of ether oxygens (including phenoxy) is 1. The van der Waals surface area contributed by atoms with Gasteiger partial charge in [0.05, 0.1) is 11.1 Å². The van der Waals surface area contributed by atoms with Crippen LogP contribution in [0.25, 0.3) is 0 Å². The monoisotopic (exact) mass is 419 g/mol. The van der Waals surface area contributed by atoms with E-state index in [1.807, 2.05) is 30.3 Å². The molecular weight excluding hydrogens is 398 g/mol. The molecule has 0 spiro atoms. The summed E-state index contributed by atoms with van der Waals surface area (Å²) in [6.07, 6.45) is 6.95. The molecule has 1 atom stereocenters. The number of anilines is 1. The summed E-state index contributed by atoms with van der Waals surface area (Å²) in [5.41, 5.74) is 4.12. The van der Waals surface area contributed by atoms with Gasteiger partial charge in [0.1, 0.15) is 5.00 Å². The number of carbonyl (C=O) groups is 2. The molecule has 30 heavy (non-hydrogen) atoms. The van der Waals surface area contributed by atoms with Crippen molar-refractivity contribution in [1.82, 2.24) is 10.3 Å². The minimum absolute atomic E-state index is 0.113. The number of aromatic nitrogens is 1. The van der Waals surface area contributed by atoms with Gasteiger partial charge in [-0.05, 0) is 48.9 Å². The Kier molecular flexibility index (Phi) is 4.96. The Morgan fingerprint density at radius 1 is 1.17 bits per heavy atom. The molecule has 5 rings (SSSR count). The average molecular weight is 420 g/mol. The molecule has 0 fully saturated rings. The number of carbonyl (C=O) groups excluding carboxylic acids is 2. The van der Waals surface area contributed by atoms with Gasteiger partial charge in [-0.1, -0.05) is 24.3 Å². The Morgan fingerprint density at radius 2 is 2.03 bits per heavy atom. The predicted octanol–water partition coefficient (Wildman–Crippen LogP) is 4.23. The zero-order valence-corrected chi connectivity index (χ0v) is 17.1. The van der Waals surface area contributed by atoms with Crippen molar-refractivity contribution in [2.45, 2.75) is 38.5 Å². The summed E-state index contributed by atoms with van der Waals surface area (Å²) >= 11 is 1.60. The molecule has 3 aromatic rings. The molecule has 6 nitrogen and oxygen atoms in total. The molecule has 1 aromatic carbocycles. The number of nitrogens with zero attached hydrogens (tertiary/aromatic N) is 1. The fourth-order valence-electron chi connectivity index (χ4n) is 4.05. The van der Waals surface area contributed by atoms with E-state index in [2.05, 4.69) is 15.6 Å². The minimum atomic E-state index is -0.585. The van der Waals surface area contributed by atoms with E-state index in [1.165, 1.54) is 4.88 Å². The summed E-state index contributed by atoms with van der Waals surface area (Å²) in [7, 11) is 0. The largest absolute Gasteiger partial charge is 0.434 e. The van der Waals surface area contributed by atoms with Gasteiger partial charge >= 0.3 is 5.97 Å². The SMILES string of the molecule is O=C1OC(Nc2sc3c(c2C(=O)NCc2cccnc2)CCCC3)c2ccccc21. The molecule has 0 radical (unpaired) electrons. The van der Waals surface area contributed by atoms with Crippen LogP contribution in [0, 0.1) is 0 Å². The second-order valence-corrected chi connectivity index (χ2v) is 8.58. The number of thiophene rings is 1. The zero-order valence-electron chi connectivity index (χ0n) is 16.3. The lowest BCUT2D eigenvalue weighted by molar-refractivity contribution is 0.0437. The zero-order chi connectivity index (χ0) is 20.5. The van der Waals surface area contributed by atoms with Gasteiger partial charge < -0.3 is 15.4 Å². The third-order valence-electron chi connectivity index (χ3n) is 5.52. The van der Waals surface area contributed by atoms with E-state index in [0.29, 0.717) is 17.7 Å². The molecule has 1 aliphatic carbocycles. The third kappa shape index (κ3) is 3.45. The Hall–Kier alpha value is -3.19. The van der Waals surface area contributed by atoms with Gasteiger partial charge in [-0.15, -0.1) is 11.3 Å². The first kappa shape index (κ1) is 18.8. The van der Waals surface area contributed by atoms with Crippen LogP contribution in [0.3, 0.4) is 0 Å². The van der Waals surface area contributed by atoms with E-state index < -0.39 is 6.23 Å². The van der Waals surface area contributed by atoms with Gasteiger partial charge in [0.2, 0.25) is 6.23 Å². The standard InChI is InChI=1S/C23H21N3O3S/c27-20(25-13-14-6-5-11-24-12-14)19-17-9-3-4-10-18(17)30-22(19)26-21-15-7-1-2-8-16(15)23(28)29-21/h1-2,5-8,11-12,21,26H,3-4,9-10,13H2,(H,25,27). The molecule has 0 saturated heterocycles. The van der Waals surface area contributed by atoms with Crippen LogP contribution in [0.1, 0.15) is 61.4 Å². The smallest absolute Gasteiger partial charge is 0.340 e. The molecule has 0 saturated carbocycles. The lowest BCUT2D eigenvalue weighted by atomic mass is 9.95. The van der Waals surface area contributed by atoms with E-state index in [0.717, 1.165) is 47.4 Å². The summed E-state index contributed by atoms with van der Waals surface area (Å²) in [4.78, 5) is 30.7. The molecule has 7 heteroatoms. The normalized spacial score (nSPS) is 17.1. The molecule has 0 bridgehead atoms. The lowest BCUT2D eigenvalue weighted by Gasteiger charge is -2.16. The Morgan fingerprint density at radius 3 is 2.90 bits per heavy atom. The van der Waals surface area contributed by atoms with Crippen LogP contribution in [-0.4, -0.2) is 16.9 Å². The highest BCUT2D eigenvalue weighted by molar-refractivity contribution is 7.16. The Labute approximate surface area is 178 Å². The van der Waals surface area contributed by atoms with E-state index >= 15 is 0 Å². The van der Waals surface area contributed by atoms with Crippen LogP contribution in [0.5, 0.6) is 0 Å². The van der Waals surface area contributed by atoms with E-state index in [4.69, 9.17) is 4.74 Å². The van der Waals surface area contributed by atoms with Crippen LogP contribution in [-0.2, 0) is 24.1 Å². The third-order valence-corrected chi connectivity index (χ3v) is 6.75. The van der Waals surface area contributed by atoms with Crippen molar-refractivity contribution in [2.24, 2.45) is 0 Å². The number of nitrogens with one attached hydrogen (secondary N) is 2. The fraction of sp³-hybridized carbons (Fsp3) is 0.261. The van der Waals surface area contributed by atoms with E-state index in [-0.39, 0.29) is 11.9 Å². The maximum absolute atomic E-state index is 13.2. The van der Waals surface area contributed by atoms with Crippen LogP contribution >= 0.6 is 11.3 Å². The number of rotatable bonds is 5. The summed E-state index contributed by atoms with van der Waals surface area (Å²) in [5, 5.41) is 7.12. The lowest BCUT2D eigenvalue weighted by Crippen LogP contribution is -2.25. The molecule has 152 valence electrons. The topological polar surface area (TPSA) is 80.3 Å². The van der Waals surface area contributed by atoms with Crippen LogP contribution in [0.2, 0.25) is 0 Å². The number of hydrogen-bond acceptors (Lipinski definition) is 6. The van der Waals surface area contributed by atoms with Crippen molar-refractivity contribution in [1.29, 1.82) is 0 Å². The van der Waals surface area contributed by atoms with Gasteiger partial charge in [-0.3, -0.25) is 9.78 Å². The summed E-state index contributed by atoms with van der Waals surface area (Å²) in [6, 6.07) is 11.1. The fourth-order valence-corrected chi connectivity index (χ4v) is 5.36. The molecular formula is C23H21N3O3S. The number of amides is 1. The highest BCUT2D eigenvalue weighted by Crippen LogP contribution is 2.41. The van der Waals surface area contributed by atoms with Gasteiger partial charge in [0.25, 0.3) is 5.91 Å². The van der Waals surface area contributed by atoms with Crippen molar-refractivity contribution in [3.63, 3.8) is 0 Å². The first-order valence-electron chi connectivity index (χ1n) is 10.1. The van der Waals surface area contributed by atoms with E-state index in [1.54, 1.807) is 29.8 Å². The second-order valence-electron chi connectivity index (χ2n) is 7.48. The van der Waals surface area contributed by atoms with Crippen molar-refractivity contribution in [3.8, 4) is 0 Å². The Balaban J connectivity index is 1.43. The van der Waals surface area contributed by atoms with E-state index in [9.17, 15) is 9.59 Å². The van der Waals surface area contributed by atoms with Gasteiger partial charge in [0, 0.05) is 29.4 Å². The highest BCUT2D eigenvalue weighted by Gasteiger charge is 2.33. The molecule has 2 N–H and O–H groups in total. The van der Waals surface area contributed by atoms with Crippen LogP contribution in [0.4, 0.5) is 5.00 Å². The van der Waals surface area contributed by atoms with Crippen molar-refractivity contribution < 1.29 is 14.3 Å². The molecule has 2 aliphatic rings. The number of esters is 1. The number of pyridine rings is 1. The average Bonchev–Trinajstić information content (AvgIpc) is 3.30. The van der Waals surface area contributed by atoms with Crippen molar-refractivity contribution in [3.05, 3.63) is 81.5 Å². The van der Waals surface area contributed by atoms with Gasteiger partial charge in [-0.2, -0.15) is 0 Å². The Bertz CT molecular complexity index is 1110. The molecule has 1 aliphatic heterocycles. The molecule has 3 heterocycles. The molecule has 1 amide bonds. The highest BCUT2D eigenvalue weighted by atomic mass is 32.1. The quantitative estimate of drug-likeness (QED) is 0.605. The second kappa shape index (κ2) is 7.91. The molecule has 1 unspecified atom stereocenters. The van der Waals surface area contributed by atoms with Crippen molar-refractivity contribution in [2.75, 3.05) is 5.32 Å². The maximum Gasteiger partial charge on any atom is 0.340 e. The summed E-state index contributed by atoms with van der Waals surface area (Å²) < 4.78 is 5.55. The predicted molar refractivity (Wildman–Crippen MR) is 115 cm³/mol. The summed E-state index contributed by atoms with van der Waals surface area (Å²) in [6.45, 7) is 0.415. The minimum Gasteiger partial charge on any atom is -0.434 e. The first-order chi connectivity index (χ1) is 14.7. The molecule has 2 aromatic heterocycles. The van der Waals surface area contributed by atoms with Crippen LogP contribution in [0.15, 0.2) is 48.8 Å². The number of benzene rings is 1. The van der Waals surface area contributed by atoms with Gasteiger partial charge in [-0.25, -0.2) is 4.79 Å². The number of cyclic esters (lactones) is 1. The first-order valence-corrected chi connectivity index (χ1v) is 10.9. The van der Waals surface area contributed by atoms with Crippen LogP contribution < -0.4 is 10.6 Å². The number of aryl methyl sites for hydroxylation is 1. The number of fused-ring (bicyclic) bond motifs is 2. The maximum atomic E-state index is 13.2.